The predicted molar refractivity (Wildman–Crippen MR) is 133 cm³/mol. The van der Waals surface area contributed by atoms with E-state index in [2.05, 4.69) is 60.1 Å². The van der Waals surface area contributed by atoms with Gasteiger partial charge in [-0.2, -0.15) is 5.10 Å². The Balaban J connectivity index is 0.00000141. The van der Waals surface area contributed by atoms with Crippen molar-refractivity contribution in [2.45, 2.75) is 40.7 Å². The van der Waals surface area contributed by atoms with Crippen molar-refractivity contribution in [2.24, 2.45) is 7.05 Å². The lowest BCUT2D eigenvalue weighted by atomic mass is 10.0. The molecule has 1 amide bonds. The number of allylic oxidation sites excluding steroid dienone is 2. The molecule has 2 aliphatic heterocycles. The van der Waals surface area contributed by atoms with Crippen molar-refractivity contribution < 1.29 is 4.79 Å². The molecule has 6 heteroatoms. The van der Waals surface area contributed by atoms with Gasteiger partial charge in [-0.15, -0.1) is 0 Å². The number of amides is 1. The number of carbonyl (C=O) groups is 1. The van der Waals surface area contributed by atoms with E-state index >= 15 is 0 Å². The molecular formula is C26H37N5O. The van der Waals surface area contributed by atoms with Gasteiger partial charge in [-0.05, 0) is 62.7 Å². The van der Waals surface area contributed by atoms with Crippen LogP contribution < -0.4 is 0 Å². The van der Waals surface area contributed by atoms with Gasteiger partial charge in [0.15, 0.2) is 0 Å². The summed E-state index contributed by atoms with van der Waals surface area (Å²) in [5.74, 6) is 0.0138. The highest BCUT2D eigenvalue weighted by atomic mass is 16.2. The number of likely N-dealkylation sites (N-methyl/N-ethyl adjacent to an activating group) is 1. The van der Waals surface area contributed by atoms with Gasteiger partial charge in [-0.1, -0.05) is 19.9 Å². The van der Waals surface area contributed by atoms with Crippen molar-refractivity contribution in [3.8, 4) is 0 Å². The summed E-state index contributed by atoms with van der Waals surface area (Å²) in [5.41, 5.74) is 5.27. The molecular weight excluding hydrogens is 398 g/mol. The van der Waals surface area contributed by atoms with Crippen LogP contribution in [0.1, 0.15) is 38.8 Å². The maximum Gasteiger partial charge on any atom is 0.251 e. The number of piperazine rings is 1. The van der Waals surface area contributed by atoms with Gasteiger partial charge in [0.05, 0.1) is 17.3 Å². The van der Waals surface area contributed by atoms with Crippen LogP contribution in [0.3, 0.4) is 0 Å². The van der Waals surface area contributed by atoms with Crippen LogP contribution in [0.4, 0.5) is 0 Å². The van der Waals surface area contributed by atoms with Gasteiger partial charge in [0.2, 0.25) is 0 Å². The van der Waals surface area contributed by atoms with E-state index in [0.717, 1.165) is 59.5 Å². The summed E-state index contributed by atoms with van der Waals surface area (Å²) in [7, 11) is 4.08. The number of benzene rings is 1. The standard InChI is InChI=1S/C24H31N5O.C2H6/c1-17(20-12-18(2)24-21(14-20)15-27(5)25-24)13-23(30)29-16-22(7-6-19(29)3)28-10-8-26(4)9-11-28;1-2/h6-7,12-16,19H,8-11H2,1-5H3;1-2H3/b17-13+;. The molecule has 0 saturated carbocycles. The minimum Gasteiger partial charge on any atom is -0.368 e. The van der Waals surface area contributed by atoms with E-state index in [1.54, 1.807) is 6.08 Å². The van der Waals surface area contributed by atoms with Gasteiger partial charge in [-0.3, -0.25) is 9.48 Å². The van der Waals surface area contributed by atoms with Crippen molar-refractivity contribution in [1.82, 2.24) is 24.5 Å². The van der Waals surface area contributed by atoms with E-state index < -0.39 is 0 Å². The molecule has 3 heterocycles. The maximum atomic E-state index is 13.2. The SMILES string of the molecule is C/C(=C\C(=O)N1C=C(N2CCN(C)CC2)C=CC1C)c1cc(C)c2nn(C)cc2c1.CC. The summed E-state index contributed by atoms with van der Waals surface area (Å²) in [4.78, 5) is 19.7. The number of aromatic nitrogens is 2. The molecule has 1 aromatic heterocycles. The third kappa shape index (κ3) is 5.13. The number of rotatable bonds is 3. The topological polar surface area (TPSA) is 44.6 Å². The fraction of sp³-hybridized carbons (Fsp3) is 0.462. The first kappa shape index (κ1) is 23.8. The Hall–Kier alpha value is -2.86. The first-order valence-corrected chi connectivity index (χ1v) is 11.6. The molecule has 4 rings (SSSR count). The molecule has 1 saturated heterocycles. The highest BCUT2D eigenvalue weighted by molar-refractivity contribution is 5.97. The van der Waals surface area contributed by atoms with Crippen LogP contribution in [0, 0.1) is 6.92 Å². The molecule has 1 unspecified atom stereocenters. The van der Waals surface area contributed by atoms with Gasteiger partial charge < -0.3 is 14.7 Å². The van der Waals surface area contributed by atoms with Crippen LogP contribution >= 0.6 is 0 Å². The number of hydrogen-bond acceptors (Lipinski definition) is 4. The smallest absolute Gasteiger partial charge is 0.251 e. The zero-order valence-electron chi connectivity index (χ0n) is 20.6. The van der Waals surface area contributed by atoms with Gasteiger partial charge in [-0.25, -0.2) is 0 Å². The average molecular weight is 436 g/mol. The van der Waals surface area contributed by atoms with Crippen LogP contribution in [0.2, 0.25) is 0 Å². The summed E-state index contributed by atoms with van der Waals surface area (Å²) in [5, 5.41) is 5.61. The number of carbonyl (C=O) groups excluding carboxylic acids is 1. The predicted octanol–water partition coefficient (Wildman–Crippen LogP) is 4.19. The van der Waals surface area contributed by atoms with Crippen LogP contribution in [0.15, 0.2) is 48.5 Å². The van der Waals surface area contributed by atoms with Crippen LogP contribution in [-0.4, -0.2) is 69.7 Å². The lowest BCUT2D eigenvalue weighted by Crippen LogP contribution is -2.45. The van der Waals surface area contributed by atoms with Crippen LogP contribution in [-0.2, 0) is 11.8 Å². The molecule has 1 aromatic carbocycles. The number of nitrogens with zero attached hydrogens (tertiary/aromatic N) is 5. The molecule has 0 N–H and O–H groups in total. The molecule has 6 nitrogen and oxygen atoms in total. The molecule has 32 heavy (non-hydrogen) atoms. The second-order valence-electron chi connectivity index (χ2n) is 8.55. The number of hydrogen-bond donors (Lipinski definition) is 0. The van der Waals surface area contributed by atoms with Gasteiger partial charge >= 0.3 is 0 Å². The van der Waals surface area contributed by atoms with E-state index in [1.165, 1.54) is 0 Å². The van der Waals surface area contributed by atoms with Crippen LogP contribution in [0.5, 0.6) is 0 Å². The Kier molecular flexibility index (Phi) is 7.56. The number of aryl methyl sites for hydroxylation is 2. The minimum absolute atomic E-state index is 0.0138. The van der Waals surface area contributed by atoms with Crippen molar-refractivity contribution >= 4 is 22.4 Å². The van der Waals surface area contributed by atoms with Crippen LogP contribution in [0.25, 0.3) is 16.5 Å². The Morgan fingerprint density at radius 1 is 1.12 bits per heavy atom. The molecule has 2 aromatic rings. The summed E-state index contributed by atoms with van der Waals surface area (Å²) < 4.78 is 1.83. The third-order valence-corrected chi connectivity index (χ3v) is 6.09. The maximum absolute atomic E-state index is 13.2. The van der Waals surface area contributed by atoms with E-state index in [0.29, 0.717) is 0 Å². The quantitative estimate of drug-likeness (QED) is 0.679. The monoisotopic (exact) mass is 435 g/mol. The van der Waals surface area contributed by atoms with Crippen molar-refractivity contribution in [3.63, 3.8) is 0 Å². The van der Waals surface area contributed by atoms with E-state index in [1.807, 2.05) is 49.8 Å². The third-order valence-electron chi connectivity index (χ3n) is 6.09. The fourth-order valence-corrected chi connectivity index (χ4v) is 4.15. The zero-order valence-corrected chi connectivity index (χ0v) is 20.6. The highest BCUT2D eigenvalue weighted by Gasteiger charge is 2.23. The van der Waals surface area contributed by atoms with Crippen molar-refractivity contribution in [1.29, 1.82) is 0 Å². The molecule has 0 bridgehead atoms. The summed E-state index contributed by atoms with van der Waals surface area (Å²) in [6.45, 7) is 14.2. The molecule has 0 radical (unpaired) electrons. The molecule has 0 aliphatic carbocycles. The summed E-state index contributed by atoms with van der Waals surface area (Å²) >= 11 is 0. The van der Waals surface area contributed by atoms with E-state index in [-0.39, 0.29) is 11.9 Å². The van der Waals surface area contributed by atoms with Gasteiger partial charge in [0, 0.05) is 57.1 Å². The average Bonchev–Trinajstić information content (AvgIpc) is 3.17. The molecule has 1 atom stereocenters. The first-order valence-electron chi connectivity index (χ1n) is 11.6. The highest BCUT2D eigenvalue weighted by Crippen LogP contribution is 2.25. The first-order chi connectivity index (χ1) is 15.3. The second kappa shape index (κ2) is 10.2. The van der Waals surface area contributed by atoms with Crippen molar-refractivity contribution in [3.05, 3.63) is 59.6 Å². The fourth-order valence-electron chi connectivity index (χ4n) is 4.15. The Morgan fingerprint density at radius 3 is 2.50 bits per heavy atom. The molecule has 0 spiro atoms. The van der Waals surface area contributed by atoms with Gasteiger partial charge in [0.1, 0.15) is 0 Å². The summed E-state index contributed by atoms with van der Waals surface area (Å²) in [6.07, 6.45) is 10.0. The molecule has 172 valence electrons. The summed E-state index contributed by atoms with van der Waals surface area (Å²) in [6, 6.07) is 4.26. The molecule has 2 aliphatic rings. The van der Waals surface area contributed by atoms with Crippen molar-refractivity contribution in [2.75, 3.05) is 33.2 Å². The second-order valence-corrected chi connectivity index (χ2v) is 8.55. The molecule has 1 fully saturated rings. The Bertz CT molecular complexity index is 1050. The van der Waals surface area contributed by atoms with E-state index in [9.17, 15) is 4.79 Å². The zero-order chi connectivity index (χ0) is 23.4. The largest absolute Gasteiger partial charge is 0.368 e. The lowest BCUT2D eigenvalue weighted by molar-refractivity contribution is -0.124. The van der Waals surface area contributed by atoms with E-state index in [4.69, 9.17) is 0 Å². The normalized spacial score (nSPS) is 19.7. The Morgan fingerprint density at radius 2 is 1.81 bits per heavy atom. The minimum atomic E-state index is 0.0138. The van der Waals surface area contributed by atoms with Gasteiger partial charge in [0.25, 0.3) is 5.91 Å². The Labute approximate surface area is 192 Å². The number of fused-ring (bicyclic) bond motifs is 1. The lowest BCUT2D eigenvalue weighted by Gasteiger charge is -2.37.